The maximum atomic E-state index is 9.42. The zero-order valence-corrected chi connectivity index (χ0v) is 19.4. The summed E-state index contributed by atoms with van der Waals surface area (Å²) in [7, 11) is 0. The number of rotatable bonds is 6. The van der Waals surface area contributed by atoms with Crippen molar-refractivity contribution in [1.82, 2.24) is 19.8 Å². The van der Waals surface area contributed by atoms with Gasteiger partial charge in [-0.05, 0) is 80.5 Å². The van der Waals surface area contributed by atoms with E-state index in [2.05, 4.69) is 79.9 Å². The maximum Gasteiger partial charge on any atom is 0.170 e. The number of nitrogens with zero attached hydrogens (tertiary/aromatic N) is 3. The van der Waals surface area contributed by atoms with Gasteiger partial charge in [0.05, 0.1) is 17.8 Å². The van der Waals surface area contributed by atoms with Crippen molar-refractivity contribution in [1.29, 1.82) is 0 Å². The summed E-state index contributed by atoms with van der Waals surface area (Å²) < 4.78 is 3.34. The molecule has 1 aliphatic heterocycles. The van der Waals surface area contributed by atoms with Gasteiger partial charge in [0.2, 0.25) is 0 Å². The summed E-state index contributed by atoms with van der Waals surface area (Å²) in [5.41, 5.74) is 5.66. The van der Waals surface area contributed by atoms with Crippen molar-refractivity contribution in [2.24, 2.45) is 0 Å². The van der Waals surface area contributed by atoms with Crippen LogP contribution < -0.4 is 5.32 Å². The number of hydrogen-bond acceptors (Lipinski definition) is 3. The van der Waals surface area contributed by atoms with E-state index in [1.165, 1.54) is 17.0 Å². The van der Waals surface area contributed by atoms with Gasteiger partial charge in [-0.25, -0.2) is 0 Å². The molecule has 0 saturated carbocycles. The summed E-state index contributed by atoms with van der Waals surface area (Å²) in [5.74, 6) is 0. The second-order valence-electron chi connectivity index (χ2n) is 7.54. The number of thiocarbonyl (C=S) groups is 1. The van der Waals surface area contributed by atoms with E-state index in [0.29, 0.717) is 18.1 Å². The van der Waals surface area contributed by atoms with E-state index in [-0.39, 0.29) is 18.7 Å². The van der Waals surface area contributed by atoms with Crippen LogP contribution >= 0.6 is 28.1 Å². The van der Waals surface area contributed by atoms with Gasteiger partial charge in [0, 0.05) is 40.9 Å². The minimum Gasteiger partial charge on any atom is -0.396 e. The van der Waals surface area contributed by atoms with Crippen molar-refractivity contribution < 1.29 is 5.11 Å². The first-order chi connectivity index (χ1) is 14.5. The average molecular weight is 485 g/mol. The topological polar surface area (TPSA) is 53.3 Å². The van der Waals surface area contributed by atoms with E-state index < -0.39 is 0 Å². The van der Waals surface area contributed by atoms with Gasteiger partial charge in [-0.2, -0.15) is 0 Å². The van der Waals surface area contributed by atoms with E-state index in [4.69, 9.17) is 12.2 Å². The largest absolute Gasteiger partial charge is 0.396 e. The van der Waals surface area contributed by atoms with Gasteiger partial charge in [-0.3, -0.25) is 4.98 Å². The van der Waals surface area contributed by atoms with E-state index in [9.17, 15) is 5.11 Å². The van der Waals surface area contributed by atoms with Crippen LogP contribution in [0.2, 0.25) is 0 Å². The smallest absolute Gasteiger partial charge is 0.170 e. The molecule has 7 heteroatoms. The van der Waals surface area contributed by atoms with Crippen molar-refractivity contribution in [3.8, 4) is 5.69 Å². The van der Waals surface area contributed by atoms with Crippen molar-refractivity contribution >= 4 is 33.3 Å². The number of pyridine rings is 1. The van der Waals surface area contributed by atoms with Crippen LogP contribution in [-0.2, 0) is 0 Å². The first kappa shape index (κ1) is 21.0. The van der Waals surface area contributed by atoms with E-state index >= 15 is 0 Å². The molecule has 2 atom stereocenters. The van der Waals surface area contributed by atoms with E-state index in [1.54, 1.807) is 0 Å². The Hall–Kier alpha value is -2.22. The molecule has 1 fully saturated rings. The van der Waals surface area contributed by atoms with Crippen LogP contribution in [0.1, 0.15) is 41.1 Å². The lowest BCUT2D eigenvalue weighted by atomic mass is 9.96. The lowest BCUT2D eigenvalue weighted by Crippen LogP contribution is -2.31. The molecule has 156 valence electrons. The summed E-state index contributed by atoms with van der Waals surface area (Å²) in [6, 6.07) is 16.5. The Morgan fingerprint density at radius 3 is 2.60 bits per heavy atom. The summed E-state index contributed by atoms with van der Waals surface area (Å²) in [4.78, 5) is 6.80. The molecule has 0 amide bonds. The normalized spacial score (nSPS) is 18.7. The molecule has 3 aromatic rings. The van der Waals surface area contributed by atoms with Crippen molar-refractivity contribution in [2.75, 3.05) is 13.2 Å². The molecule has 30 heavy (non-hydrogen) atoms. The third kappa shape index (κ3) is 3.89. The van der Waals surface area contributed by atoms with Crippen LogP contribution in [0.25, 0.3) is 5.69 Å². The second-order valence-corrected chi connectivity index (χ2v) is 8.84. The van der Waals surface area contributed by atoms with Crippen molar-refractivity contribution in [3.05, 3.63) is 81.8 Å². The lowest BCUT2D eigenvalue weighted by Gasteiger charge is -2.28. The monoisotopic (exact) mass is 484 g/mol. The molecule has 0 spiro atoms. The van der Waals surface area contributed by atoms with Gasteiger partial charge in [0.25, 0.3) is 0 Å². The Morgan fingerprint density at radius 1 is 1.17 bits per heavy atom. The third-order valence-corrected chi connectivity index (χ3v) is 6.51. The minimum atomic E-state index is -0.0451. The number of halogens is 1. The van der Waals surface area contributed by atoms with Crippen LogP contribution in [-0.4, -0.2) is 37.8 Å². The molecule has 2 N–H and O–H groups in total. The molecule has 4 rings (SSSR count). The molecule has 1 aromatic carbocycles. The van der Waals surface area contributed by atoms with Gasteiger partial charge in [-0.15, -0.1) is 0 Å². The lowest BCUT2D eigenvalue weighted by molar-refractivity contribution is 0.247. The molecule has 2 aromatic heterocycles. The molecular weight excluding hydrogens is 460 g/mol. The number of aryl methyl sites for hydroxylation is 1. The molecule has 1 saturated heterocycles. The first-order valence-electron chi connectivity index (χ1n) is 10.0. The Balaban J connectivity index is 1.81. The highest BCUT2D eigenvalue weighted by molar-refractivity contribution is 9.10. The van der Waals surface area contributed by atoms with E-state index in [1.807, 2.05) is 24.4 Å². The zero-order chi connectivity index (χ0) is 21.3. The molecule has 0 aliphatic carbocycles. The maximum absolute atomic E-state index is 9.42. The second kappa shape index (κ2) is 8.88. The third-order valence-electron chi connectivity index (χ3n) is 5.63. The Kier molecular flexibility index (Phi) is 6.22. The van der Waals surface area contributed by atoms with Gasteiger partial charge < -0.3 is 19.9 Å². The predicted octanol–water partition coefficient (Wildman–Crippen LogP) is 4.61. The highest BCUT2D eigenvalue weighted by Gasteiger charge is 2.41. The average Bonchev–Trinajstić information content (AvgIpc) is 3.23. The fourth-order valence-corrected chi connectivity index (χ4v) is 4.90. The number of aromatic nitrogens is 2. The van der Waals surface area contributed by atoms with Gasteiger partial charge in [0.15, 0.2) is 5.11 Å². The summed E-state index contributed by atoms with van der Waals surface area (Å²) in [6.07, 6.45) is 2.48. The molecule has 0 radical (unpaired) electrons. The quantitative estimate of drug-likeness (QED) is 0.500. The SMILES string of the molecule is Cc1cc([C@@H]2[C@@H](c3ccccn3)NC(=S)N2CCCO)c(C)n1-c1ccc(Br)cc1. The summed E-state index contributed by atoms with van der Waals surface area (Å²) in [6.45, 7) is 5.12. The first-order valence-corrected chi connectivity index (χ1v) is 11.2. The van der Waals surface area contributed by atoms with Crippen LogP contribution in [0.3, 0.4) is 0 Å². The highest BCUT2D eigenvalue weighted by Crippen LogP contribution is 2.41. The fourth-order valence-electron chi connectivity index (χ4n) is 4.30. The molecule has 1 aliphatic rings. The summed E-state index contributed by atoms with van der Waals surface area (Å²) >= 11 is 9.21. The summed E-state index contributed by atoms with van der Waals surface area (Å²) in [5, 5.41) is 13.6. The molecule has 5 nitrogen and oxygen atoms in total. The number of benzene rings is 1. The molecular formula is C23H25BrN4OS. The fraction of sp³-hybridized carbons (Fsp3) is 0.304. The van der Waals surface area contributed by atoms with Crippen LogP contribution in [0.5, 0.6) is 0 Å². The molecule has 0 unspecified atom stereocenters. The standard InChI is InChI=1S/C23H25BrN4OS/c1-15-14-19(16(2)28(15)18-9-7-17(24)8-10-18)22-21(20-6-3-4-11-25-20)26-23(30)27(22)12-5-13-29/h3-4,6-11,14,21-22,29H,5,12-13H2,1-2H3,(H,26,30)/t21-,22-/m1/s1. The highest BCUT2D eigenvalue weighted by atomic mass is 79.9. The number of nitrogens with one attached hydrogen (secondary N) is 1. The number of aliphatic hydroxyl groups excluding tert-OH is 1. The molecule has 3 heterocycles. The zero-order valence-electron chi connectivity index (χ0n) is 17.0. The van der Waals surface area contributed by atoms with Gasteiger partial charge in [0.1, 0.15) is 0 Å². The number of hydrogen-bond donors (Lipinski definition) is 2. The number of aliphatic hydroxyl groups is 1. The van der Waals surface area contributed by atoms with Crippen LogP contribution in [0.4, 0.5) is 0 Å². The minimum absolute atomic E-state index is 0.00866. The van der Waals surface area contributed by atoms with Crippen LogP contribution in [0, 0.1) is 13.8 Å². The van der Waals surface area contributed by atoms with Gasteiger partial charge in [-0.1, -0.05) is 22.0 Å². The van der Waals surface area contributed by atoms with E-state index in [0.717, 1.165) is 15.9 Å². The van der Waals surface area contributed by atoms with Crippen LogP contribution in [0.15, 0.2) is 59.2 Å². The van der Waals surface area contributed by atoms with Crippen molar-refractivity contribution in [2.45, 2.75) is 32.4 Å². The van der Waals surface area contributed by atoms with Gasteiger partial charge >= 0.3 is 0 Å². The Labute approximate surface area is 190 Å². The molecule has 0 bridgehead atoms. The predicted molar refractivity (Wildman–Crippen MR) is 127 cm³/mol. The van der Waals surface area contributed by atoms with Crippen molar-refractivity contribution in [3.63, 3.8) is 0 Å². The Morgan fingerprint density at radius 2 is 1.93 bits per heavy atom. The Bertz CT molecular complexity index is 1040.